The summed E-state index contributed by atoms with van der Waals surface area (Å²) in [5.41, 5.74) is 1.32. The lowest BCUT2D eigenvalue weighted by Crippen LogP contribution is -2.44. The zero-order valence-corrected chi connectivity index (χ0v) is 14.6. The lowest BCUT2D eigenvalue weighted by molar-refractivity contribution is 0.0526. The van der Waals surface area contributed by atoms with Crippen molar-refractivity contribution in [3.05, 3.63) is 30.1 Å². The number of ether oxygens (including phenoxy) is 1. The second-order valence-electron chi connectivity index (χ2n) is 7.45. The van der Waals surface area contributed by atoms with Crippen molar-refractivity contribution in [3.8, 4) is 0 Å². The highest BCUT2D eigenvalue weighted by atomic mass is 16.5. The molecule has 2 saturated heterocycles. The van der Waals surface area contributed by atoms with E-state index in [2.05, 4.69) is 35.1 Å². The predicted molar refractivity (Wildman–Crippen MR) is 93.2 cm³/mol. The number of aromatic nitrogens is 1. The summed E-state index contributed by atoms with van der Waals surface area (Å²) in [6.07, 6.45) is 8.00. The quantitative estimate of drug-likeness (QED) is 0.875. The molecule has 2 atom stereocenters. The van der Waals surface area contributed by atoms with Gasteiger partial charge in [-0.3, -0.25) is 9.88 Å². The second kappa shape index (κ2) is 8.22. The highest BCUT2D eigenvalue weighted by Gasteiger charge is 2.31. The molecular weight excluding hydrogens is 286 g/mol. The third kappa shape index (κ3) is 4.75. The molecule has 0 radical (unpaired) electrons. The molecule has 4 nitrogen and oxygen atoms in total. The summed E-state index contributed by atoms with van der Waals surface area (Å²) in [5.74, 6) is 1.33. The first kappa shape index (κ1) is 16.9. The van der Waals surface area contributed by atoms with E-state index in [1.54, 1.807) is 0 Å². The summed E-state index contributed by atoms with van der Waals surface area (Å²) in [6, 6.07) is 4.87. The lowest BCUT2D eigenvalue weighted by atomic mass is 9.92. The van der Waals surface area contributed by atoms with Gasteiger partial charge in [-0.05, 0) is 55.8 Å². The molecule has 3 rings (SSSR count). The van der Waals surface area contributed by atoms with Gasteiger partial charge in [-0.15, -0.1) is 0 Å². The maximum absolute atomic E-state index is 5.90. The van der Waals surface area contributed by atoms with E-state index in [4.69, 9.17) is 4.74 Å². The number of hydrogen-bond acceptors (Lipinski definition) is 4. The van der Waals surface area contributed by atoms with Crippen molar-refractivity contribution >= 4 is 0 Å². The Labute approximate surface area is 140 Å². The molecule has 128 valence electrons. The summed E-state index contributed by atoms with van der Waals surface area (Å²) in [6.45, 7) is 10.0. The molecule has 1 aromatic heterocycles. The van der Waals surface area contributed by atoms with Crippen LogP contribution >= 0.6 is 0 Å². The summed E-state index contributed by atoms with van der Waals surface area (Å²) >= 11 is 0. The fourth-order valence-electron chi connectivity index (χ4n) is 3.97. The number of hydrogen-bond donors (Lipinski definition) is 1. The van der Waals surface area contributed by atoms with Crippen LogP contribution in [0.4, 0.5) is 0 Å². The monoisotopic (exact) mass is 317 g/mol. The molecule has 2 fully saturated rings. The average Bonchev–Trinajstić information content (AvgIpc) is 3.04. The summed E-state index contributed by atoms with van der Waals surface area (Å²) < 4.78 is 5.90. The van der Waals surface area contributed by atoms with Crippen molar-refractivity contribution in [2.24, 2.45) is 11.8 Å². The Bertz CT molecular complexity index is 457. The van der Waals surface area contributed by atoms with E-state index in [0.29, 0.717) is 24.0 Å². The minimum Gasteiger partial charge on any atom is -0.378 e. The fourth-order valence-corrected chi connectivity index (χ4v) is 3.97. The van der Waals surface area contributed by atoms with E-state index in [1.165, 1.54) is 37.9 Å². The molecule has 0 unspecified atom stereocenters. The van der Waals surface area contributed by atoms with Crippen molar-refractivity contribution in [3.63, 3.8) is 0 Å². The average molecular weight is 317 g/mol. The first-order chi connectivity index (χ1) is 11.2. The minimum atomic E-state index is 0.452. The number of pyridine rings is 1. The van der Waals surface area contributed by atoms with Gasteiger partial charge in [0.1, 0.15) is 0 Å². The summed E-state index contributed by atoms with van der Waals surface area (Å²) in [7, 11) is 0. The molecule has 0 amide bonds. The molecule has 1 N–H and O–H groups in total. The normalized spacial score (nSPS) is 26.9. The van der Waals surface area contributed by atoms with Gasteiger partial charge in [0.05, 0.1) is 6.10 Å². The van der Waals surface area contributed by atoms with E-state index in [1.807, 2.05) is 18.5 Å². The van der Waals surface area contributed by atoms with Crippen LogP contribution in [0, 0.1) is 11.8 Å². The van der Waals surface area contributed by atoms with Gasteiger partial charge < -0.3 is 10.1 Å². The fraction of sp³-hybridized carbons (Fsp3) is 0.737. The SMILES string of the molecule is CC(C)[C@H]1OCC[C@@H]1CNC1CCN(Cc2cccnc2)CC1. The third-order valence-electron chi connectivity index (χ3n) is 5.31. The molecule has 0 saturated carbocycles. The lowest BCUT2D eigenvalue weighted by Gasteiger charge is -2.33. The van der Waals surface area contributed by atoms with Crippen LogP contribution in [0.15, 0.2) is 24.5 Å². The molecule has 4 heteroatoms. The van der Waals surface area contributed by atoms with Gasteiger partial charge in [0.25, 0.3) is 0 Å². The topological polar surface area (TPSA) is 37.4 Å². The Morgan fingerprint density at radius 1 is 1.30 bits per heavy atom. The van der Waals surface area contributed by atoms with Crippen LogP contribution in [0.25, 0.3) is 0 Å². The first-order valence-electron chi connectivity index (χ1n) is 9.18. The summed E-state index contributed by atoms with van der Waals surface area (Å²) in [5, 5.41) is 3.81. The van der Waals surface area contributed by atoms with E-state index in [-0.39, 0.29) is 0 Å². The largest absolute Gasteiger partial charge is 0.378 e. The minimum absolute atomic E-state index is 0.452. The van der Waals surface area contributed by atoms with Crippen LogP contribution in [0.1, 0.15) is 38.7 Å². The van der Waals surface area contributed by atoms with Gasteiger partial charge in [-0.2, -0.15) is 0 Å². The Balaban J connectivity index is 1.38. The smallest absolute Gasteiger partial charge is 0.0639 e. The summed E-state index contributed by atoms with van der Waals surface area (Å²) in [4.78, 5) is 6.76. The van der Waals surface area contributed by atoms with Crippen LogP contribution in [-0.4, -0.2) is 48.3 Å². The zero-order valence-electron chi connectivity index (χ0n) is 14.6. The Morgan fingerprint density at radius 3 is 2.83 bits per heavy atom. The van der Waals surface area contributed by atoms with Crippen LogP contribution in [0.5, 0.6) is 0 Å². The molecule has 23 heavy (non-hydrogen) atoms. The number of likely N-dealkylation sites (tertiary alicyclic amines) is 1. The molecule has 2 aliphatic heterocycles. The molecule has 1 aromatic rings. The number of nitrogens with one attached hydrogen (secondary N) is 1. The number of nitrogens with zero attached hydrogens (tertiary/aromatic N) is 2. The standard InChI is InChI=1S/C19H31N3O/c1-15(2)19-17(7-11-23-19)13-21-18-5-9-22(10-6-18)14-16-4-3-8-20-12-16/h3-4,8,12,15,17-19,21H,5-7,9-11,13-14H2,1-2H3/t17-,19-/m1/s1. The van der Waals surface area contributed by atoms with Crippen LogP contribution in [0.3, 0.4) is 0 Å². The van der Waals surface area contributed by atoms with Gasteiger partial charge in [-0.25, -0.2) is 0 Å². The Kier molecular flexibility index (Phi) is 6.03. The highest BCUT2D eigenvalue weighted by molar-refractivity contribution is 5.08. The molecular formula is C19H31N3O. The number of rotatable bonds is 6. The van der Waals surface area contributed by atoms with Gasteiger partial charge in [0.15, 0.2) is 0 Å². The van der Waals surface area contributed by atoms with Crippen molar-refractivity contribution in [1.82, 2.24) is 15.2 Å². The van der Waals surface area contributed by atoms with E-state index < -0.39 is 0 Å². The van der Waals surface area contributed by atoms with Crippen LogP contribution in [0.2, 0.25) is 0 Å². The van der Waals surface area contributed by atoms with E-state index in [9.17, 15) is 0 Å². The number of piperidine rings is 1. The molecule has 3 heterocycles. The van der Waals surface area contributed by atoms with Crippen molar-refractivity contribution < 1.29 is 4.74 Å². The van der Waals surface area contributed by atoms with Gasteiger partial charge in [0, 0.05) is 38.1 Å². The maximum Gasteiger partial charge on any atom is 0.0639 e. The predicted octanol–water partition coefficient (Wildman–Crippen LogP) is 2.70. The molecule has 0 bridgehead atoms. The van der Waals surface area contributed by atoms with E-state index >= 15 is 0 Å². The second-order valence-corrected chi connectivity index (χ2v) is 7.45. The van der Waals surface area contributed by atoms with Crippen LogP contribution in [-0.2, 0) is 11.3 Å². The van der Waals surface area contributed by atoms with Gasteiger partial charge in [0.2, 0.25) is 0 Å². The Hall–Kier alpha value is -0.970. The van der Waals surface area contributed by atoms with E-state index in [0.717, 1.165) is 19.7 Å². The van der Waals surface area contributed by atoms with Crippen molar-refractivity contribution in [2.45, 2.75) is 51.8 Å². The molecule has 0 spiro atoms. The molecule has 0 aliphatic carbocycles. The molecule has 0 aromatic carbocycles. The van der Waals surface area contributed by atoms with Gasteiger partial charge >= 0.3 is 0 Å². The highest BCUT2D eigenvalue weighted by Crippen LogP contribution is 2.26. The first-order valence-corrected chi connectivity index (χ1v) is 9.18. The Morgan fingerprint density at radius 2 is 2.13 bits per heavy atom. The zero-order chi connectivity index (χ0) is 16.1. The third-order valence-corrected chi connectivity index (χ3v) is 5.31. The molecule has 2 aliphatic rings. The van der Waals surface area contributed by atoms with Crippen molar-refractivity contribution in [1.29, 1.82) is 0 Å². The van der Waals surface area contributed by atoms with Crippen LogP contribution < -0.4 is 5.32 Å². The maximum atomic E-state index is 5.90. The van der Waals surface area contributed by atoms with Crippen molar-refractivity contribution in [2.75, 3.05) is 26.2 Å². The van der Waals surface area contributed by atoms with Gasteiger partial charge in [-0.1, -0.05) is 19.9 Å².